The fraction of sp³-hybridized carbons (Fsp3) is 0.480. The van der Waals surface area contributed by atoms with E-state index in [1.807, 2.05) is 4.90 Å². The first-order valence-electron chi connectivity index (χ1n) is 12.0. The first kappa shape index (κ1) is 23.7. The van der Waals surface area contributed by atoms with Gasteiger partial charge in [0.1, 0.15) is 5.75 Å². The van der Waals surface area contributed by atoms with E-state index in [4.69, 9.17) is 9.15 Å². The molecule has 2 heterocycles. The molecule has 1 saturated heterocycles. The Balaban J connectivity index is 1.16. The number of nitrogens with zero attached hydrogens (tertiary/aromatic N) is 1. The monoisotopic (exact) mass is 468 g/mol. The van der Waals surface area contributed by atoms with Gasteiger partial charge in [0.2, 0.25) is 0 Å². The predicted molar refractivity (Wildman–Crippen MR) is 127 cm³/mol. The Morgan fingerprint density at radius 3 is 2.44 bits per heavy atom. The maximum atomic E-state index is 12.5. The molecule has 3 N–H and O–H groups in total. The van der Waals surface area contributed by atoms with E-state index in [1.54, 1.807) is 36.4 Å². The highest BCUT2D eigenvalue weighted by molar-refractivity contribution is 6.02. The van der Waals surface area contributed by atoms with Gasteiger partial charge in [-0.3, -0.25) is 9.59 Å². The summed E-state index contributed by atoms with van der Waals surface area (Å²) in [7, 11) is 0. The number of anilines is 1. The average molecular weight is 469 g/mol. The minimum atomic E-state index is -0.362. The second-order valence-electron chi connectivity index (χ2n) is 8.86. The van der Waals surface area contributed by atoms with Crippen LogP contribution >= 0.6 is 0 Å². The molecule has 0 unspecified atom stereocenters. The Morgan fingerprint density at radius 2 is 1.71 bits per heavy atom. The molecule has 2 aromatic rings. The number of ether oxygens (including phenoxy) is 1. The van der Waals surface area contributed by atoms with Gasteiger partial charge >= 0.3 is 6.03 Å². The lowest BCUT2D eigenvalue weighted by Gasteiger charge is -2.34. The summed E-state index contributed by atoms with van der Waals surface area (Å²) in [5.74, 6) is 0.110. The van der Waals surface area contributed by atoms with Gasteiger partial charge in [0.15, 0.2) is 12.4 Å². The van der Waals surface area contributed by atoms with Crippen LogP contribution in [0.3, 0.4) is 0 Å². The smallest absolute Gasteiger partial charge is 0.317 e. The highest BCUT2D eigenvalue weighted by Crippen LogP contribution is 2.20. The zero-order valence-corrected chi connectivity index (χ0v) is 19.3. The lowest BCUT2D eigenvalue weighted by Crippen LogP contribution is -2.51. The standard InChI is InChI=1S/C25H32N4O5/c30-23(17-34-21-9-4-8-20(16-21)27-24(31)22-10-5-15-33-22)26-19-11-13-29(14-12-19)25(32)28-18-6-2-1-3-7-18/h4-5,8-10,15-16,18-19H,1-3,6-7,11-14,17H2,(H,26,30)(H,27,31)(H,28,32). The summed E-state index contributed by atoms with van der Waals surface area (Å²) in [6, 6.07) is 10.4. The zero-order valence-electron chi connectivity index (χ0n) is 19.3. The number of carbonyl (C=O) groups is 3. The lowest BCUT2D eigenvalue weighted by atomic mass is 9.95. The van der Waals surface area contributed by atoms with Gasteiger partial charge in [0.25, 0.3) is 11.8 Å². The van der Waals surface area contributed by atoms with Crippen LogP contribution in [0.4, 0.5) is 10.5 Å². The van der Waals surface area contributed by atoms with Crippen molar-refractivity contribution in [2.24, 2.45) is 0 Å². The minimum absolute atomic E-state index is 0.0130. The highest BCUT2D eigenvalue weighted by Gasteiger charge is 2.25. The maximum absolute atomic E-state index is 12.5. The zero-order chi connectivity index (χ0) is 23.8. The molecule has 2 fully saturated rings. The van der Waals surface area contributed by atoms with Crippen molar-refractivity contribution in [1.29, 1.82) is 0 Å². The quantitative estimate of drug-likeness (QED) is 0.575. The maximum Gasteiger partial charge on any atom is 0.317 e. The van der Waals surface area contributed by atoms with E-state index in [0.29, 0.717) is 30.6 Å². The molecule has 9 heteroatoms. The molecular formula is C25H32N4O5. The Kier molecular flexibility index (Phi) is 8.06. The number of amides is 4. The van der Waals surface area contributed by atoms with Crippen LogP contribution in [0.5, 0.6) is 5.75 Å². The van der Waals surface area contributed by atoms with Crippen molar-refractivity contribution in [3.8, 4) is 5.75 Å². The van der Waals surface area contributed by atoms with E-state index in [1.165, 1.54) is 25.5 Å². The number of benzene rings is 1. The summed E-state index contributed by atoms with van der Waals surface area (Å²) < 4.78 is 10.7. The Morgan fingerprint density at radius 1 is 0.941 bits per heavy atom. The van der Waals surface area contributed by atoms with Crippen LogP contribution in [-0.2, 0) is 4.79 Å². The number of carbonyl (C=O) groups excluding carboxylic acids is 3. The highest BCUT2D eigenvalue weighted by atomic mass is 16.5. The van der Waals surface area contributed by atoms with Gasteiger partial charge in [-0.2, -0.15) is 0 Å². The van der Waals surface area contributed by atoms with Crippen LogP contribution in [0, 0.1) is 0 Å². The number of likely N-dealkylation sites (tertiary alicyclic amines) is 1. The summed E-state index contributed by atoms with van der Waals surface area (Å²) in [5.41, 5.74) is 0.540. The third-order valence-electron chi connectivity index (χ3n) is 6.29. The molecule has 0 spiro atoms. The molecule has 0 radical (unpaired) electrons. The first-order valence-corrected chi connectivity index (χ1v) is 12.0. The molecule has 1 saturated carbocycles. The van der Waals surface area contributed by atoms with Crippen LogP contribution in [0.1, 0.15) is 55.5 Å². The molecular weight excluding hydrogens is 436 g/mol. The largest absolute Gasteiger partial charge is 0.484 e. The van der Waals surface area contributed by atoms with Gasteiger partial charge < -0.3 is 30.0 Å². The van der Waals surface area contributed by atoms with Gasteiger partial charge in [0.05, 0.1) is 6.26 Å². The van der Waals surface area contributed by atoms with Crippen molar-refractivity contribution in [3.05, 3.63) is 48.4 Å². The van der Waals surface area contributed by atoms with Crippen LogP contribution in [-0.4, -0.2) is 54.5 Å². The molecule has 0 bridgehead atoms. The van der Waals surface area contributed by atoms with Crippen molar-refractivity contribution in [1.82, 2.24) is 15.5 Å². The van der Waals surface area contributed by atoms with Gasteiger partial charge in [-0.25, -0.2) is 4.79 Å². The molecule has 0 atom stereocenters. The summed E-state index contributed by atoms with van der Waals surface area (Å²) in [6.45, 7) is 1.13. The summed E-state index contributed by atoms with van der Waals surface area (Å²) in [6.07, 6.45) is 8.64. The minimum Gasteiger partial charge on any atom is -0.484 e. The third-order valence-corrected chi connectivity index (χ3v) is 6.29. The van der Waals surface area contributed by atoms with Crippen LogP contribution in [0.25, 0.3) is 0 Å². The van der Waals surface area contributed by atoms with Crippen LogP contribution < -0.4 is 20.7 Å². The van der Waals surface area contributed by atoms with Crippen molar-refractivity contribution in [2.75, 3.05) is 25.0 Å². The molecule has 1 aliphatic carbocycles. The first-order chi connectivity index (χ1) is 16.6. The fourth-order valence-electron chi connectivity index (χ4n) is 4.42. The summed E-state index contributed by atoms with van der Waals surface area (Å²) >= 11 is 0. The molecule has 1 aromatic heterocycles. The Bertz CT molecular complexity index is 963. The number of hydrogen-bond acceptors (Lipinski definition) is 5. The van der Waals surface area contributed by atoms with Crippen LogP contribution in [0.15, 0.2) is 47.1 Å². The number of piperidine rings is 1. The van der Waals surface area contributed by atoms with E-state index in [9.17, 15) is 14.4 Å². The molecule has 4 rings (SSSR count). The van der Waals surface area contributed by atoms with Gasteiger partial charge in [-0.15, -0.1) is 0 Å². The lowest BCUT2D eigenvalue weighted by molar-refractivity contribution is -0.124. The number of rotatable bonds is 7. The van der Waals surface area contributed by atoms with Crippen molar-refractivity contribution >= 4 is 23.5 Å². The fourth-order valence-corrected chi connectivity index (χ4v) is 4.42. The number of furan rings is 1. The second-order valence-corrected chi connectivity index (χ2v) is 8.86. The Hall–Kier alpha value is -3.49. The van der Waals surface area contributed by atoms with Gasteiger partial charge in [0, 0.05) is 36.9 Å². The molecule has 182 valence electrons. The van der Waals surface area contributed by atoms with Gasteiger partial charge in [-0.1, -0.05) is 25.3 Å². The Labute approximate surface area is 199 Å². The topological polar surface area (TPSA) is 113 Å². The van der Waals surface area contributed by atoms with Crippen molar-refractivity contribution < 1.29 is 23.5 Å². The predicted octanol–water partition coefficient (Wildman–Crippen LogP) is 3.53. The van der Waals surface area contributed by atoms with E-state index >= 15 is 0 Å². The molecule has 1 aromatic carbocycles. The second kappa shape index (κ2) is 11.6. The molecule has 4 amide bonds. The van der Waals surface area contributed by atoms with Crippen molar-refractivity contribution in [3.63, 3.8) is 0 Å². The van der Waals surface area contributed by atoms with Crippen LogP contribution in [0.2, 0.25) is 0 Å². The average Bonchev–Trinajstić information content (AvgIpc) is 3.39. The molecule has 9 nitrogen and oxygen atoms in total. The molecule has 34 heavy (non-hydrogen) atoms. The van der Waals surface area contributed by atoms with E-state index < -0.39 is 0 Å². The van der Waals surface area contributed by atoms with E-state index in [2.05, 4.69) is 16.0 Å². The van der Waals surface area contributed by atoms with Crippen molar-refractivity contribution in [2.45, 2.75) is 57.0 Å². The van der Waals surface area contributed by atoms with E-state index in [0.717, 1.165) is 25.7 Å². The van der Waals surface area contributed by atoms with E-state index in [-0.39, 0.29) is 36.3 Å². The summed E-state index contributed by atoms with van der Waals surface area (Å²) in [4.78, 5) is 38.8. The normalized spacial score (nSPS) is 17.1. The SMILES string of the molecule is O=C(COc1cccc(NC(=O)c2ccco2)c1)NC1CCN(C(=O)NC2CCCCC2)CC1. The van der Waals surface area contributed by atoms with Gasteiger partial charge in [-0.05, 0) is 49.9 Å². The number of nitrogens with one attached hydrogen (secondary N) is 3. The third kappa shape index (κ3) is 6.76. The number of hydrogen-bond donors (Lipinski definition) is 3. The summed E-state index contributed by atoms with van der Waals surface area (Å²) in [5, 5.41) is 8.87. The molecule has 1 aliphatic heterocycles. The number of urea groups is 1. The molecule has 2 aliphatic rings.